The first kappa shape index (κ1) is 14.3. The van der Waals surface area contributed by atoms with Gasteiger partial charge in [0, 0.05) is 19.3 Å². The molecule has 0 saturated heterocycles. The van der Waals surface area contributed by atoms with E-state index in [0.29, 0.717) is 10.7 Å². The lowest BCUT2D eigenvalue weighted by atomic mass is 10.1. The minimum absolute atomic E-state index is 0.353. The Morgan fingerprint density at radius 2 is 1.90 bits per heavy atom. The molecule has 0 bridgehead atoms. The lowest BCUT2D eigenvalue weighted by Crippen LogP contribution is -2.17. The van der Waals surface area contributed by atoms with Gasteiger partial charge in [-0.1, -0.05) is 36.5 Å². The fourth-order valence-corrected chi connectivity index (χ4v) is 2.25. The van der Waals surface area contributed by atoms with Gasteiger partial charge in [0.15, 0.2) is 0 Å². The third kappa shape index (κ3) is 3.27. The van der Waals surface area contributed by atoms with Crippen LogP contribution < -0.4 is 15.4 Å². The van der Waals surface area contributed by atoms with Crippen LogP contribution in [0.4, 0.5) is 5.69 Å². The van der Waals surface area contributed by atoms with Gasteiger partial charge in [-0.3, -0.25) is 0 Å². The van der Waals surface area contributed by atoms with Crippen LogP contribution in [0.1, 0.15) is 11.1 Å². The molecule has 0 amide bonds. The molecule has 2 rings (SSSR count). The first-order valence-corrected chi connectivity index (χ1v) is 6.75. The summed E-state index contributed by atoms with van der Waals surface area (Å²) in [5.74, 6) is 0.712. The van der Waals surface area contributed by atoms with E-state index in [2.05, 4.69) is 24.1 Å². The topological polar surface area (TPSA) is 38.5 Å². The van der Waals surface area contributed by atoms with E-state index in [-0.39, 0.29) is 0 Å². The van der Waals surface area contributed by atoms with Crippen LogP contribution >= 0.6 is 12.2 Å². The molecule has 3 nitrogen and oxygen atoms in total. The average molecular weight is 286 g/mol. The highest BCUT2D eigenvalue weighted by Gasteiger charge is 2.08. The first-order valence-electron chi connectivity index (χ1n) is 6.34. The quantitative estimate of drug-likeness (QED) is 0.858. The van der Waals surface area contributed by atoms with Crippen molar-refractivity contribution in [3.8, 4) is 5.75 Å². The van der Waals surface area contributed by atoms with Crippen molar-refractivity contribution in [2.45, 2.75) is 6.54 Å². The number of hydrogen-bond acceptors (Lipinski definition) is 3. The van der Waals surface area contributed by atoms with Crippen LogP contribution in [0.2, 0.25) is 0 Å². The van der Waals surface area contributed by atoms with E-state index in [1.165, 1.54) is 5.69 Å². The number of benzene rings is 2. The fourth-order valence-electron chi connectivity index (χ4n) is 2.09. The van der Waals surface area contributed by atoms with Gasteiger partial charge >= 0.3 is 0 Å². The Morgan fingerprint density at radius 3 is 2.50 bits per heavy atom. The van der Waals surface area contributed by atoms with E-state index >= 15 is 0 Å². The number of hydrogen-bond donors (Lipinski definition) is 1. The van der Waals surface area contributed by atoms with Gasteiger partial charge in [-0.25, -0.2) is 0 Å². The molecule has 0 atom stereocenters. The summed E-state index contributed by atoms with van der Waals surface area (Å²) in [4.78, 5) is 2.52. The normalized spacial score (nSPS) is 10.1. The zero-order chi connectivity index (χ0) is 14.5. The smallest absolute Gasteiger partial charge is 0.129 e. The van der Waals surface area contributed by atoms with E-state index in [4.69, 9.17) is 22.7 Å². The average Bonchev–Trinajstić information content (AvgIpc) is 2.48. The fraction of sp³-hybridized carbons (Fsp3) is 0.188. The number of nitrogens with two attached hydrogens (primary N) is 1. The molecule has 0 saturated carbocycles. The number of nitrogens with zero attached hydrogens (tertiary/aromatic N) is 1. The highest BCUT2D eigenvalue weighted by atomic mass is 32.1. The summed E-state index contributed by atoms with van der Waals surface area (Å²) in [7, 11) is 3.67. The number of methoxy groups -OCH3 is 1. The van der Waals surface area contributed by atoms with Crippen LogP contribution in [0.15, 0.2) is 48.5 Å². The summed E-state index contributed by atoms with van der Waals surface area (Å²) in [5.41, 5.74) is 8.82. The summed E-state index contributed by atoms with van der Waals surface area (Å²) < 4.78 is 5.27. The largest absolute Gasteiger partial charge is 0.496 e. The zero-order valence-corrected chi connectivity index (χ0v) is 12.5. The summed E-state index contributed by atoms with van der Waals surface area (Å²) >= 11 is 5.07. The SMILES string of the molecule is COc1ccc(CN(C)c2ccccc2)cc1C(N)=S. The van der Waals surface area contributed by atoms with Crippen molar-refractivity contribution < 1.29 is 4.74 Å². The minimum Gasteiger partial charge on any atom is -0.496 e. The van der Waals surface area contributed by atoms with Crippen LogP contribution in [0.3, 0.4) is 0 Å². The Hall–Kier alpha value is -2.07. The number of para-hydroxylation sites is 1. The molecule has 0 fully saturated rings. The standard InChI is InChI=1S/C16H18N2OS/c1-18(13-6-4-3-5-7-13)11-12-8-9-15(19-2)14(10-12)16(17)20/h3-10H,11H2,1-2H3,(H2,17,20). The summed E-state index contributed by atoms with van der Waals surface area (Å²) in [6.45, 7) is 0.781. The van der Waals surface area contributed by atoms with Gasteiger partial charge in [0.05, 0.1) is 12.7 Å². The summed E-state index contributed by atoms with van der Waals surface area (Å²) in [5, 5.41) is 0. The third-order valence-electron chi connectivity index (χ3n) is 3.15. The molecular weight excluding hydrogens is 268 g/mol. The van der Waals surface area contributed by atoms with E-state index in [1.54, 1.807) is 7.11 Å². The van der Waals surface area contributed by atoms with Gasteiger partial charge in [0.25, 0.3) is 0 Å². The van der Waals surface area contributed by atoms with Gasteiger partial charge in [0.1, 0.15) is 10.7 Å². The molecule has 0 aliphatic rings. The molecule has 2 N–H and O–H groups in total. The highest BCUT2D eigenvalue weighted by Crippen LogP contribution is 2.22. The molecule has 0 unspecified atom stereocenters. The van der Waals surface area contributed by atoms with Crippen molar-refractivity contribution >= 4 is 22.9 Å². The van der Waals surface area contributed by atoms with E-state index in [0.717, 1.165) is 17.7 Å². The van der Waals surface area contributed by atoms with Crippen molar-refractivity contribution in [2.24, 2.45) is 5.73 Å². The molecule has 104 valence electrons. The molecule has 2 aromatic carbocycles. The number of anilines is 1. The number of thiocarbonyl (C=S) groups is 1. The van der Waals surface area contributed by atoms with Crippen LogP contribution in [0, 0.1) is 0 Å². The van der Waals surface area contributed by atoms with Crippen LogP contribution in [0.5, 0.6) is 5.75 Å². The van der Waals surface area contributed by atoms with Gasteiger partial charge < -0.3 is 15.4 Å². The van der Waals surface area contributed by atoms with Crippen molar-refractivity contribution in [1.82, 2.24) is 0 Å². The maximum absolute atomic E-state index is 5.74. The molecular formula is C16H18N2OS. The molecule has 0 heterocycles. The van der Waals surface area contributed by atoms with Gasteiger partial charge in [-0.05, 0) is 29.8 Å². The molecule has 0 aromatic heterocycles. The van der Waals surface area contributed by atoms with Gasteiger partial charge in [-0.15, -0.1) is 0 Å². The van der Waals surface area contributed by atoms with Crippen molar-refractivity contribution in [3.05, 3.63) is 59.7 Å². The van der Waals surface area contributed by atoms with Crippen LogP contribution in [-0.2, 0) is 6.54 Å². The molecule has 0 spiro atoms. The lowest BCUT2D eigenvalue weighted by molar-refractivity contribution is 0.414. The van der Waals surface area contributed by atoms with E-state index in [1.807, 2.05) is 36.4 Å². The maximum atomic E-state index is 5.74. The van der Waals surface area contributed by atoms with Crippen LogP contribution in [0.25, 0.3) is 0 Å². The number of ether oxygens (including phenoxy) is 1. The Balaban J connectivity index is 2.22. The van der Waals surface area contributed by atoms with Crippen molar-refractivity contribution in [3.63, 3.8) is 0 Å². The first-order chi connectivity index (χ1) is 9.61. The highest BCUT2D eigenvalue weighted by molar-refractivity contribution is 7.80. The summed E-state index contributed by atoms with van der Waals surface area (Å²) in [6.07, 6.45) is 0. The lowest BCUT2D eigenvalue weighted by Gasteiger charge is -2.20. The van der Waals surface area contributed by atoms with Gasteiger partial charge in [-0.2, -0.15) is 0 Å². The predicted molar refractivity (Wildman–Crippen MR) is 87.4 cm³/mol. The van der Waals surface area contributed by atoms with Crippen molar-refractivity contribution in [2.75, 3.05) is 19.1 Å². The Labute approximate surface area is 125 Å². The van der Waals surface area contributed by atoms with Gasteiger partial charge in [0.2, 0.25) is 0 Å². The maximum Gasteiger partial charge on any atom is 0.129 e. The summed E-state index contributed by atoms with van der Waals surface area (Å²) in [6, 6.07) is 16.1. The predicted octanol–water partition coefficient (Wildman–Crippen LogP) is 2.97. The van der Waals surface area contributed by atoms with Crippen LogP contribution in [-0.4, -0.2) is 19.1 Å². The zero-order valence-electron chi connectivity index (χ0n) is 11.7. The number of rotatable bonds is 5. The second kappa shape index (κ2) is 6.39. The van der Waals surface area contributed by atoms with Crippen molar-refractivity contribution in [1.29, 1.82) is 0 Å². The Kier molecular flexibility index (Phi) is 4.58. The van der Waals surface area contributed by atoms with E-state index < -0.39 is 0 Å². The molecule has 0 radical (unpaired) electrons. The molecule has 20 heavy (non-hydrogen) atoms. The second-order valence-electron chi connectivity index (χ2n) is 4.59. The molecule has 0 aliphatic heterocycles. The third-order valence-corrected chi connectivity index (χ3v) is 3.37. The molecule has 2 aromatic rings. The van der Waals surface area contributed by atoms with E-state index in [9.17, 15) is 0 Å². The molecule has 0 aliphatic carbocycles. The Morgan fingerprint density at radius 1 is 1.20 bits per heavy atom. The second-order valence-corrected chi connectivity index (χ2v) is 5.03. The minimum atomic E-state index is 0.353. The molecule has 4 heteroatoms. The monoisotopic (exact) mass is 286 g/mol. The Bertz CT molecular complexity index is 599.